The van der Waals surface area contributed by atoms with Crippen molar-refractivity contribution >= 4 is 11.5 Å². The van der Waals surface area contributed by atoms with Gasteiger partial charge in [-0.3, -0.25) is 0 Å². The van der Waals surface area contributed by atoms with Crippen LogP contribution < -0.4 is 10.6 Å². The molecule has 1 aromatic heterocycles. The standard InChI is InChI=1S/C10H14N4/c11-9-4-12-6-13-10(9)14-5-7-1-2-8(14)3-7/h4,6-8H,1-3,5,11H2. The maximum atomic E-state index is 5.87. The van der Waals surface area contributed by atoms with Crippen LogP contribution in [0.5, 0.6) is 0 Å². The van der Waals surface area contributed by atoms with Crippen molar-refractivity contribution in [3.63, 3.8) is 0 Å². The molecule has 1 aliphatic heterocycles. The fraction of sp³-hybridized carbons (Fsp3) is 0.600. The molecule has 2 aliphatic rings. The Morgan fingerprint density at radius 2 is 2.36 bits per heavy atom. The maximum Gasteiger partial charge on any atom is 0.155 e. The third-order valence-corrected chi connectivity index (χ3v) is 3.40. The van der Waals surface area contributed by atoms with Gasteiger partial charge in [-0.2, -0.15) is 0 Å². The Balaban J connectivity index is 1.93. The normalized spacial score (nSPS) is 29.9. The Morgan fingerprint density at radius 3 is 3.00 bits per heavy atom. The highest BCUT2D eigenvalue weighted by molar-refractivity contribution is 5.62. The lowest BCUT2D eigenvalue weighted by molar-refractivity contribution is 0.550. The Bertz CT molecular complexity index is 352. The predicted molar refractivity (Wildman–Crippen MR) is 54.9 cm³/mol. The highest BCUT2D eigenvalue weighted by atomic mass is 15.3. The first-order chi connectivity index (χ1) is 6.84. The number of anilines is 2. The number of nitrogen functional groups attached to an aromatic ring is 1. The summed E-state index contributed by atoms with van der Waals surface area (Å²) in [5.74, 6) is 1.81. The molecule has 74 valence electrons. The van der Waals surface area contributed by atoms with Crippen LogP contribution in [0.25, 0.3) is 0 Å². The van der Waals surface area contributed by atoms with E-state index in [0.717, 1.165) is 18.3 Å². The van der Waals surface area contributed by atoms with Crippen molar-refractivity contribution in [1.82, 2.24) is 9.97 Å². The largest absolute Gasteiger partial charge is 0.394 e. The summed E-state index contributed by atoms with van der Waals surface area (Å²) in [7, 11) is 0. The van der Waals surface area contributed by atoms with Gasteiger partial charge in [0.25, 0.3) is 0 Å². The van der Waals surface area contributed by atoms with Crippen LogP contribution in [-0.4, -0.2) is 22.6 Å². The van der Waals surface area contributed by atoms with Gasteiger partial charge >= 0.3 is 0 Å². The molecule has 2 atom stereocenters. The van der Waals surface area contributed by atoms with Crippen LogP contribution in [0.15, 0.2) is 12.5 Å². The SMILES string of the molecule is Nc1cncnc1N1CC2CCC1C2. The maximum absolute atomic E-state index is 5.87. The molecule has 14 heavy (non-hydrogen) atoms. The van der Waals surface area contributed by atoms with E-state index in [-0.39, 0.29) is 0 Å². The molecule has 2 bridgehead atoms. The van der Waals surface area contributed by atoms with Gasteiger partial charge in [0.15, 0.2) is 5.82 Å². The zero-order valence-electron chi connectivity index (χ0n) is 8.06. The van der Waals surface area contributed by atoms with E-state index < -0.39 is 0 Å². The first-order valence-electron chi connectivity index (χ1n) is 5.16. The summed E-state index contributed by atoms with van der Waals surface area (Å²) in [4.78, 5) is 10.5. The molecule has 0 aromatic carbocycles. The van der Waals surface area contributed by atoms with Crippen LogP contribution in [0.1, 0.15) is 19.3 Å². The van der Waals surface area contributed by atoms with E-state index in [1.807, 2.05) is 0 Å². The van der Waals surface area contributed by atoms with Crippen LogP contribution in [-0.2, 0) is 0 Å². The molecule has 1 aromatic rings. The van der Waals surface area contributed by atoms with E-state index in [9.17, 15) is 0 Å². The quantitative estimate of drug-likeness (QED) is 0.719. The zero-order chi connectivity index (χ0) is 9.54. The van der Waals surface area contributed by atoms with Crippen LogP contribution >= 0.6 is 0 Å². The number of fused-ring (bicyclic) bond motifs is 2. The number of nitrogens with two attached hydrogens (primary N) is 1. The van der Waals surface area contributed by atoms with Crippen LogP contribution in [0, 0.1) is 5.92 Å². The first kappa shape index (κ1) is 8.03. The van der Waals surface area contributed by atoms with Crippen LogP contribution in [0.2, 0.25) is 0 Å². The molecule has 0 radical (unpaired) electrons. The molecule has 1 saturated heterocycles. The molecule has 1 saturated carbocycles. The summed E-state index contributed by atoms with van der Waals surface area (Å²) in [6, 6.07) is 0.678. The number of hydrogen-bond acceptors (Lipinski definition) is 4. The molecule has 3 rings (SSSR count). The minimum absolute atomic E-state index is 0.678. The van der Waals surface area contributed by atoms with E-state index in [0.29, 0.717) is 11.7 Å². The van der Waals surface area contributed by atoms with Gasteiger partial charge in [-0.25, -0.2) is 9.97 Å². The molecule has 1 aliphatic carbocycles. The summed E-state index contributed by atoms with van der Waals surface area (Å²) in [6.07, 6.45) is 7.27. The fourth-order valence-electron chi connectivity index (χ4n) is 2.76. The Kier molecular flexibility index (Phi) is 1.63. The number of aromatic nitrogens is 2. The van der Waals surface area contributed by atoms with Crippen LogP contribution in [0.4, 0.5) is 11.5 Å². The molecule has 2 unspecified atom stereocenters. The number of piperidine rings is 1. The number of rotatable bonds is 1. The van der Waals surface area contributed by atoms with E-state index in [2.05, 4.69) is 14.9 Å². The summed E-state index contributed by atoms with van der Waals surface area (Å²) >= 11 is 0. The molecule has 0 spiro atoms. The predicted octanol–water partition coefficient (Wildman–Crippen LogP) is 1.05. The van der Waals surface area contributed by atoms with E-state index >= 15 is 0 Å². The topological polar surface area (TPSA) is 55.0 Å². The van der Waals surface area contributed by atoms with Gasteiger partial charge in [0, 0.05) is 12.6 Å². The average Bonchev–Trinajstić information content (AvgIpc) is 2.79. The van der Waals surface area contributed by atoms with Gasteiger partial charge in [0.1, 0.15) is 6.33 Å². The monoisotopic (exact) mass is 190 g/mol. The van der Waals surface area contributed by atoms with Gasteiger partial charge < -0.3 is 10.6 Å². The summed E-state index contributed by atoms with van der Waals surface area (Å²) in [5.41, 5.74) is 6.57. The van der Waals surface area contributed by atoms with Gasteiger partial charge in [-0.05, 0) is 25.2 Å². The second-order valence-electron chi connectivity index (χ2n) is 4.29. The third-order valence-electron chi connectivity index (χ3n) is 3.40. The average molecular weight is 190 g/mol. The minimum atomic E-state index is 0.678. The lowest BCUT2D eigenvalue weighted by Crippen LogP contribution is -2.33. The molecule has 0 amide bonds. The smallest absolute Gasteiger partial charge is 0.155 e. The van der Waals surface area contributed by atoms with Crippen molar-refractivity contribution in [2.75, 3.05) is 17.2 Å². The highest BCUT2D eigenvalue weighted by Gasteiger charge is 2.38. The Morgan fingerprint density at radius 1 is 1.43 bits per heavy atom. The van der Waals surface area contributed by atoms with Gasteiger partial charge in [-0.1, -0.05) is 0 Å². The Hall–Kier alpha value is -1.32. The van der Waals surface area contributed by atoms with Crippen molar-refractivity contribution < 1.29 is 0 Å². The third kappa shape index (κ3) is 1.06. The first-order valence-corrected chi connectivity index (χ1v) is 5.16. The number of hydrogen-bond donors (Lipinski definition) is 1. The lowest BCUT2D eigenvalue weighted by atomic mass is 10.1. The van der Waals surface area contributed by atoms with Gasteiger partial charge in [0.05, 0.1) is 11.9 Å². The van der Waals surface area contributed by atoms with Crippen molar-refractivity contribution in [2.24, 2.45) is 5.92 Å². The van der Waals surface area contributed by atoms with E-state index in [1.54, 1.807) is 12.5 Å². The summed E-state index contributed by atoms with van der Waals surface area (Å²) in [5, 5.41) is 0. The summed E-state index contributed by atoms with van der Waals surface area (Å²) < 4.78 is 0. The van der Waals surface area contributed by atoms with E-state index in [1.165, 1.54) is 19.3 Å². The molecule has 2 fully saturated rings. The van der Waals surface area contributed by atoms with Gasteiger partial charge in [0.2, 0.25) is 0 Å². The van der Waals surface area contributed by atoms with Crippen molar-refractivity contribution in [3.05, 3.63) is 12.5 Å². The molecule has 2 heterocycles. The summed E-state index contributed by atoms with van der Waals surface area (Å²) in [6.45, 7) is 1.13. The van der Waals surface area contributed by atoms with Crippen molar-refractivity contribution in [3.8, 4) is 0 Å². The highest BCUT2D eigenvalue weighted by Crippen LogP contribution is 2.40. The molecular formula is C10H14N4. The molecule has 2 N–H and O–H groups in total. The second kappa shape index (κ2) is 2.83. The minimum Gasteiger partial charge on any atom is -0.394 e. The fourth-order valence-corrected chi connectivity index (χ4v) is 2.76. The van der Waals surface area contributed by atoms with Crippen LogP contribution in [0.3, 0.4) is 0 Å². The lowest BCUT2D eigenvalue weighted by Gasteiger charge is -2.28. The molecule has 4 heteroatoms. The number of nitrogens with zero attached hydrogens (tertiary/aromatic N) is 3. The Labute approximate surface area is 83.1 Å². The van der Waals surface area contributed by atoms with Crippen molar-refractivity contribution in [1.29, 1.82) is 0 Å². The zero-order valence-corrected chi connectivity index (χ0v) is 8.06. The van der Waals surface area contributed by atoms with Crippen molar-refractivity contribution in [2.45, 2.75) is 25.3 Å². The van der Waals surface area contributed by atoms with E-state index in [4.69, 9.17) is 5.73 Å². The second-order valence-corrected chi connectivity index (χ2v) is 4.29. The van der Waals surface area contributed by atoms with Gasteiger partial charge in [-0.15, -0.1) is 0 Å². The molecule has 4 nitrogen and oxygen atoms in total. The molecular weight excluding hydrogens is 176 g/mol.